The highest BCUT2D eigenvalue weighted by atomic mass is 32.2. The molecule has 1 saturated heterocycles. The second-order valence-corrected chi connectivity index (χ2v) is 11.2. The van der Waals surface area contributed by atoms with Gasteiger partial charge in [0.1, 0.15) is 11.4 Å². The fraction of sp³-hybridized carbons (Fsp3) is 0.480. The van der Waals surface area contributed by atoms with Gasteiger partial charge in [0.25, 0.3) is 10.0 Å². The number of rotatable bonds is 5. The number of fused-ring (bicyclic) bond motifs is 3. The van der Waals surface area contributed by atoms with Crippen LogP contribution >= 0.6 is 0 Å². The Morgan fingerprint density at radius 1 is 1.14 bits per heavy atom. The summed E-state index contributed by atoms with van der Waals surface area (Å²) in [5.74, 6) is -0.0550. The van der Waals surface area contributed by atoms with Gasteiger partial charge in [-0.05, 0) is 69.0 Å². The average Bonchev–Trinajstić information content (AvgIpc) is 2.77. The molecule has 1 amide bonds. The van der Waals surface area contributed by atoms with E-state index in [1.807, 2.05) is 43.7 Å². The molecule has 0 saturated carbocycles. The summed E-state index contributed by atoms with van der Waals surface area (Å²) in [5, 5.41) is 0. The van der Waals surface area contributed by atoms with Gasteiger partial charge < -0.3 is 9.47 Å². The Kier molecular flexibility index (Phi) is 6.65. The number of nitrogens with one attached hydrogen (secondary N) is 1. The number of alkyl halides is 3. The standard InChI is InChI=1S/C25H28F3NO5S/c1-4-15-8-11-21-19(12-15)23-20(24(2,3)34-21)10-9-17(33-23)14-22(30)29-35(31,32)18-7-5-6-16(13-18)25(26,27)28/h5-8,11-13,17,20,23H,4,9-10,14H2,1-3H3,(H,29,30)/t17-,20+,23-/m1/s1. The third kappa shape index (κ3) is 5.33. The number of halogens is 3. The van der Waals surface area contributed by atoms with Crippen LogP contribution in [0.2, 0.25) is 0 Å². The first kappa shape index (κ1) is 25.5. The van der Waals surface area contributed by atoms with E-state index in [1.165, 1.54) is 0 Å². The van der Waals surface area contributed by atoms with Gasteiger partial charge in [0.05, 0.1) is 29.1 Å². The number of hydrogen-bond donors (Lipinski definition) is 1. The summed E-state index contributed by atoms with van der Waals surface area (Å²) in [6, 6.07) is 9.24. The smallest absolute Gasteiger partial charge is 0.416 e. The molecular formula is C25H28F3NO5S. The van der Waals surface area contributed by atoms with E-state index in [0.717, 1.165) is 41.5 Å². The Hall–Kier alpha value is -2.59. The Morgan fingerprint density at radius 2 is 1.89 bits per heavy atom. The molecule has 0 bridgehead atoms. The minimum absolute atomic E-state index is 0.0512. The predicted molar refractivity (Wildman–Crippen MR) is 122 cm³/mol. The molecule has 4 rings (SSSR count). The van der Waals surface area contributed by atoms with Crippen LogP contribution in [0.15, 0.2) is 47.4 Å². The SMILES string of the molecule is CCc1ccc2c(c1)[C@H]1O[C@@H](CC(=O)NS(=O)(=O)c3cccc(C(F)(F)F)c3)CC[C@@H]1C(C)(C)O2. The molecule has 190 valence electrons. The first-order valence-corrected chi connectivity index (χ1v) is 13.0. The lowest BCUT2D eigenvalue weighted by Gasteiger charge is -2.48. The topological polar surface area (TPSA) is 81.7 Å². The van der Waals surface area contributed by atoms with Crippen molar-refractivity contribution >= 4 is 15.9 Å². The molecule has 2 aromatic carbocycles. The Balaban J connectivity index is 1.49. The van der Waals surface area contributed by atoms with Crippen LogP contribution in [-0.4, -0.2) is 26.0 Å². The van der Waals surface area contributed by atoms with E-state index in [2.05, 4.69) is 0 Å². The molecule has 0 aromatic heterocycles. The molecule has 35 heavy (non-hydrogen) atoms. The van der Waals surface area contributed by atoms with Gasteiger partial charge in [-0.3, -0.25) is 4.79 Å². The van der Waals surface area contributed by atoms with Gasteiger partial charge in [-0.2, -0.15) is 13.2 Å². The zero-order valence-corrected chi connectivity index (χ0v) is 20.5. The first-order chi connectivity index (χ1) is 16.3. The highest BCUT2D eigenvalue weighted by molar-refractivity contribution is 7.90. The minimum atomic E-state index is -4.70. The van der Waals surface area contributed by atoms with Crippen LogP contribution in [0, 0.1) is 5.92 Å². The summed E-state index contributed by atoms with van der Waals surface area (Å²) in [4.78, 5) is 12.0. The normalized spacial score (nSPS) is 23.5. The van der Waals surface area contributed by atoms with E-state index < -0.39 is 44.3 Å². The van der Waals surface area contributed by atoms with Gasteiger partial charge in [0.15, 0.2) is 0 Å². The van der Waals surface area contributed by atoms with Crippen LogP contribution in [0.4, 0.5) is 13.2 Å². The number of sulfonamides is 1. The van der Waals surface area contributed by atoms with Gasteiger partial charge in [-0.15, -0.1) is 0 Å². The van der Waals surface area contributed by atoms with Gasteiger partial charge in [0, 0.05) is 11.5 Å². The second kappa shape index (κ2) is 9.13. The molecule has 6 nitrogen and oxygen atoms in total. The van der Waals surface area contributed by atoms with Gasteiger partial charge in [0.2, 0.25) is 5.91 Å². The van der Waals surface area contributed by atoms with Crippen molar-refractivity contribution < 1.29 is 35.9 Å². The molecule has 2 heterocycles. The Morgan fingerprint density at radius 3 is 2.57 bits per heavy atom. The molecular weight excluding hydrogens is 483 g/mol. The van der Waals surface area contributed by atoms with Crippen molar-refractivity contribution in [2.45, 2.75) is 75.3 Å². The number of ether oxygens (including phenoxy) is 2. The third-order valence-corrected chi connectivity index (χ3v) is 8.06. The summed E-state index contributed by atoms with van der Waals surface area (Å²) in [5.41, 5.74) is 0.449. The summed E-state index contributed by atoms with van der Waals surface area (Å²) in [6.45, 7) is 6.05. The maximum Gasteiger partial charge on any atom is 0.416 e. The fourth-order valence-corrected chi connectivity index (χ4v) is 5.87. The molecule has 10 heteroatoms. The van der Waals surface area contributed by atoms with Crippen molar-refractivity contribution in [2.24, 2.45) is 5.92 Å². The number of hydrogen-bond acceptors (Lipinski definition) is 5. The quantitative estimate of drug-likeness (QED) is 0.599. The Labute approximate surface area is 202 Å². The van der Waals surface area contributed by atoms with Crippen LogP contribution in [-0.2, 0) is 32.2 Å². The maximum absolute atomic E-state index is 13.0. The molecule has 1 N–H and O–H groups in total. The largest absolute Gasteiger partial charge is 0.487 e. The summed E-state index contributed by atoms with van der Waals surface area (Å²) in [6.07, 6.45) is -3.71. The number of carbonyl (C=O) groups excluding carboxylic acids is 1. The van der Waals surface area contributed by atoms with Gasteiger partial charge in [-0.25, -0.2) is 13.1 Å². The van der Waals surface area contributed by atoms with Crippen molar-refractivity contribution in [3.63, 3.8) is 0 Å². The van der Waals surface area contributed by atoms with E-state index >= 15 is 0 Å². The lowest BCUT2D eigenvalue weighted by atomic mass is 9.74. The van der Waals surface area contributed by atoms with E-state index in [0.29, 0.717) is 18.9 Å². The summed E-state index contributed by atoms with van der Waals surface area (Å²) in [7, 11) is -4.47. The molecule has 3 atom stereocenters. The molecule has 2 aromatic rings. The average molecular weight is 512 g/mol. The van der Waals surface area contributed by atoms with Crippen molar-refractivity contribution in [2.75, 3.05) is 0 Å². The molecule has 2 aliphatic rings. The number of amides is 1. The number of benzene rings is 2. The van der Waals surface area contributed by atoms with Crippen molar-refractivity contribution in [3.05, 3.63) is 59.2 Å². The van der Waals surface area contributed by atoms with Crippen LogP contribution < -0.4 is 9.46 Å². The van der Waals surface area contributed by atoms with Crippen LogP contribution in [0.25, 0.3) is 0 Å². The van der Waals surface area contributed by atoms with E-state index in [9.17, 15) is 26.4 Å². The predicted octanol–water partition coefficient (Wildman–Crippen LogP) is 5.17. The lowest BCUT2D eigenvalue weighted by molar-refractivity contribution is -0.155. The third-order valence-electron chi connectivity index (χ3n) is 6.69. The summed E-state index contributed by atoms with van der Waals surface area (Å²) < 4.78 is 78.4. The zero-order chi connectivity index (χ0) is 25.6. The number of carbonyl (C=O) groups is 1. The highest BCUT2D eigenvalue weighted by Gasteiger charge is 2.47. The van der Waals surface area contributed by atoms with Crippen LogP contribution in [0.5, 0.6) is 5.75 Å². The van der Waals surface area contributed by atoms with Crippen LogP contribution in [0.1, 0.15) is 62.8 Å². The van der Waals surface area contributed by atoms with Crippen molar-refractivity contribution in [3.8, 4) is 5.75 Å². The van der Waals surface area contributed by atoms with Gasteiger partial charge in [-0.1, -0.05) is 19.1 Å². The lowest BCUT2D eigenvalue weighted by Crippen LogP contribution is -2.49. The monoisotopic (exact) mass is 511 g/mol. The van der Waals surface area contributed by atoms with E-state index in [4.69, 9.17) is 9.47 Å². The summed E-state index contributed by atoms with van der Waals surface area (Å²) >= 11 is 0. The minimum Gasteiger partial charge on any atom is -0.487 e. The van der Waals surface area contributed by atoms with Gasteiger partial charge >= 0.3 is 6.18 Å². The zero-order valence-electron chi connectivity index (χ0n) is 19.7. The maximum atomic E-state index is 13.0. The Bertz CT molecular complexity index is 1230. The van der Waals surface area contributed by atoms with E-state index in [-0.39, 0.29) is 18.4 Å². The molecule has 0 aliphatic carbocycles. The molecule has 0 unspecified atom stereocenters. The van der Waals surface area contributed by atoms with Crippen LogP contribution in [0.3, 0.4) is 0 Å². The van der Waals surface area contributed by atoms with Crippen molar-refractivity contribution in [1.82, 2.24) is 4.72 Å². The molecule has 1 fully saturated rings. The molecule has 0 spiro atoms. The number of aryl methyl sites for hydroxylation is 1. The highest BCUT2D eigenvalue weighted by Crippen LogP contribution is 2.51. The first-order valence-electron chi connectivity index (χ1n) is 11.5. The van der Waals surface area contributed by atoms with Crippen molar-refractivity contribution in [1.29, 1.82) is 0 Å². The fourth-order valence-electron chi connectivity index (χ4n) is 4.83. The van der Waals surface area contributed by atoms with E-state index in [1.54, 1.807) is 0 Å². The second-order valence-electron chi connectivity index (χ2n) is 9.55. The molecule has 2 aliphatic heterocycles. The molecule has 0 radical (unpaired) electrons.